The Morgan fingerprint density at radius 1 is 1.03 bits per heavy atom. The van der Waals surface area contributed by atoms with Gasteiger partial charge in [0.05, 0.1) is 17.3 Å². The zero-order valence-electron chi connectivity index (χ0n) is 21.7. The Hall–Kier alpha value is -4.03. The number of hydrogen-bond acceptors (Lipinski definition) is 4. The van der Waals surface area contributed by atoms with E-state index < -0.39 is 0 Å². The van der Waals surface area contributed by atoms with Gasteiger partial charge in [0.15, 0.2) is 0 Å². The van der Waals surface area contributed by atoms with Gasteiger partial charge < -0.3 is 10.3 Å². The molecule has 0 spiro atoms. The predicted octanol–water partition coefficient (Wildman–Crippen LogP) is 5.09. The summed E-state index contributed by atoms with van der Waals surface area (Å²) in [5, 5.41) is 0. The largest absolute Gasteiger partial charge is 0.330 e. The third-order valence-corrected chi connectivity index (χ3v) is 7.35. The Balaban J connectivity index is 1.33. The van der Waals surface area contributed by atoms with Crippen molar-refractivity contribution < 1.29 is 4.79 Å². The van der Waals surface area contributed by atoms with Gasteiger partial charge in [0, 0.05) is 38.2 Å². The lowest BCUT2D eigenvalue weighted by molar-refractivity contribution is 0.0751. The van der Waals surface area contributed by atoms with Gasteiger partial charge in [-0.25, -0.2) is 5.43 Å². The molecular formula is C33H33N4O. The van der Waals surface area contributed by atoms with Crippen molar-refractivity contribution in [3.8, 4) is 24.7 Å². The Morgan fingerprint density at radius 2 is 1.84 bits per heavy atom. The molecule has 3 aromatic carbocycles. The van der Waals surface area contributed by atoms with Crippen molar-refractivity contribution in [1.29, 1.82) is 0 Å². The number of nitrogens with zero attached hydrogens (tertiary/aromatic N) is 2. The highest BCUT2D eigenvalue weighted by Gasteiger charge is 2.30. The van der Waals surface area contributed by atoms with Crippen molar-refractivity contribution in [3.05, 3.63) is 107 Å². The molecule has 191 valence electrons. The van der Waals surface area contributed by atoms with Crippen molar-refractivity contribution in [2.45, 2.75) is 44.9 Å². The number of fused-ring (bicyclic) bond motifs is 2. The molecule has 0 fully saturated rings. The molecule has 1 radical (unpaired) electrons. The summed E-state index contributed by atoms with van der Waals surface area (Å²) >= 11 is 0. The van der Waals surface area contributed by atoms with E-state index in [0.29, 0.717) is 24.2 Å². The Kier molecular flexibility index (Phi) is 7.80. The van der Waals surface area contributed by atoms with Crippen LogP contribution < -0.4 is 10.9 Å². The molecule has 0 saturated carbocycles. The van der Waals surface area contributed by atoms with Gasteiger partial charge in [0.1, 0.15) is 0 Å². The first kappa shape index (κ1) is 25.6. The highest BCUT2D eigenvalue weighted by molar-refractivity contribution is 5.98. The molecule has 5 rings (SSSR count). The fraction of sp³-hybridized carbons (Fsp3) is 0.273. The van der Waals surface area contributed by atoms with Gasteiger partial charge in [0.25, 0.3) is 5.91 Å². The third-order valence-electron chi connectivity index (χ3n) is 7.35. The summed E-state index contributed by atoms with van der Waals surface area (Å²) in [4.78, 5) is 18.0. The van der Waals surface area contributed by atoms with Gasteiger partial charge in [-0.2, -0.15) is 0 Å². The van der Waals surface area contributed by atoms with Gasteiger partial charge >= 0.3 is 0 Å². The number of rotatable bonds is 9. The quantitative estimate of drug-likeness (QED) is 0.401. The van der Waals surface area contributed by atoms with Gasteiger partial charge in [-0.1, -0.05) is 61.4 Å². The molecule has 38 heavy (non-hydrogen) atoms. The van der Waals surface area contributed by atoms with Gasteiger partial charge in [0.2, 0.25) is 0 Å². The lowest BCUT2D eigenvalue weighted by Crippen LogP contribution is -2.26. The molecule has 0 aromatic heterocycles. The summed E-state index contributed by atoms with van der Waals surface area (Å²) in [7, 11) is 0. The van der Waals surface area contributed by atoms with Crippen LogP contribution in [0, 0.1) is 31.6 Å². The van der Waals surface area contributed by atoms with Crippen LogP contribution in [0.15, 0.2) is 60.7 Å². The van der Waals surface area contributed by atoms with E-state index in [-0.39, 0.29) is 11.9 Å². The fourth-order valence-corrected chi connectivity index (χ4v) is 5.40. The molecule has 2 heterocycles. The van der Waals surface area contributed by atoms with Gasteiger partial charge in [-0.15, -0.1) is 18.8 Å². The number of hydrazine groups is 1. The first-order valence-electron chi connectivity index (χ1n) is 13.1. The van der Waals surface area contributed by atoms with Crippen LogP contribution in [0.5, 0.6) is 0 Å². The maximum absolute atomic E-state index is 13.8. The first-order chi connectivity index (χ1) is 18.6. The second-order valence-electron chi connectivity index (χ2n) is 9.99. The number of terminal acetylenes is 2. The predicted molar refractivity (Wildman–Crippen MR) is 153 cm³/mol. The van der Waals surface area contributed by atoms with E-state index in [1.54, 1.807) is 0 Å². The summed E-state index contributed by atoms with van der Waals surface area (Å²) in [5.74, 6) is 5.43. The van der Waals surface area contributed by atoms with Crippen LogP contribution in [0.2, 0.25) is 0 Å². The van der Waals surface area contributed by atoms with E-state index >= 15 is 0 Å². The third kappa shape index (κ3) is 5.46. The van der Waals surface area contributed by atoms with E-state index in [1.807, 2.05) is 35.2 Å². The smallest absolute Gasteiger partial charge is 0.255 e. The lowest BCUT2D eigenvalue weighted by atomic mass is 9.94. The number of carbonyl (C=O) groups is 1. The number of anilines is 1. The van der Waals surface area contributed by atoms with E-state index in [0.717, 1.165) is 50.1 Å². The molecule has 2 aliphatic rings. The zero-order chi connectivity index (χ0) is 26.5. The van der Waals surface area contributed by atoms with E-state index in [1.165, 1.54) is 22.3 Å². The van der Waals surface area contributed by atoms with Crippen LogP contribution in [0.1, 0.15) is 62.6 Å². The fourth-order valence-electron chi connectivity index (χ4n) is 5.40. The SMILES string of the molecule is C#CCCN(CC[CH2])Cc1ccc2c(c1)CN(C(=O)c1cc3c(cc1C#C)NNC3Cc1ccccc1)C2. The highest BCUT2D eigenvalue weighted by Crippen LogP contribution is 2.35. The second-order valence-corrected chi connectivity index (χ2v) is 9.99. The first-order valence-corrected chi connectivity index (χ1v) is 13.1. The number of amides is 1. The van der Waals surface area contributed by atoms with Crippen LogP contribution in [0.3, 0.4) is 0 Å². The normalized spacial score (nSPS) is 15.5. The van der Waals surface area contributed by atoms with Gasteiger partial charge in [-0.3, -0.25) is 9.69 Å². The van der Waals surface area contributed by atoms with Crippen molar-refractivity contribution >= 4 is 11.6 Å². The summed E-state index contributed by atoms with van der Waals surface area (Å²) in [6.45, 7) is 7.74. The minimum atomic E-state index is -0.0310. The molecule has 1 unspecified atom stereocenters. The minimum absolute atomic E-state index is 0.0310. The Bertz CT molecular complexity index is 1400. The number of nitrogens with one attached hydrogen (secondary N) is 2. The maximum Gasteiger partial charge on any atom is 0.255 e. The van der Waals surface area contributed by atoms with Crippen molar-refractivity contribution in [1.82, 2.24) is 15.2 Å². The molecule has 2 N–H and O–H groups in total. The molecule has 1 atom stereocenters. The summed E-state index contributed by atoms with van der Waals surface area (Å²) < 4.78 is 0. The van der Waals surface area contributed by atoms with Gasteiger partial charge in [-0.05, 0) is 59.3 Å². The lowest BCUT2D eigenvalue weighted by Gasteiger charge is -2.21. The Labute approximate surface area is 226 Å². The summed E-state index contributed by atoms with van der Waals surface area (Å²) in [6, 6.07) is 20.8. The molecular weight excluding hydrogens is 468 g/mol. The van der Waals surface area contributed by atoms with Crippen LogP contribution in [0.4, 0.5) is 5.69 Å². The number of benzene rings is 3. The van der Waals surface area contributed by atoms with E-state index in [2.05, 4.69) is 64.8 Å². The summed E-state index contributed by atoms with van der Waals surface area (Å²) in [6.07, 6.45) is 13.7. The van der Waals surface area contributed by atoms with Crippen molar-refractivity contribution in [2.75, 3.05) is 18.5 Å². The summed E-state index contributed by atoms with van der Waals surface area (Å²) in [5.41, 5.74) is 14.6. The van der Waals surface area contributed by atoms with Crippen LogP contribution >= 0.6 is 0 Å². The van der Waals surface area contributed by atoms with Crippen LogP contribution in [-0.4, -0.2) is 28.8 Å². The van der Waals surface area contributed by atoms with E-state index in [9.17, 15) is 4.79 Å². The molecule has 0 aliphatic carbocycles. The topological polar surface area (TPSA) is 47.6 Å². The molecule has 3 aromatic rings. The average Bonchev–Trinajstić information content (AvgIpc) is 3.54. The standard InChI is InChI=1S/C33H33N4O/c1-4-7-16-36(15-5-2)21-25-13-14-27-22-37(23-28(27)17-25)33(38)29-20-30-31(18-24-11-9-8-10-12-24)34-35-32(30)19-26(29)6-3/h1,3,8-14,17,19-20,31,34-35H,2,5,7,15-16,18,21-23H2. The Morgan fingerprint density at radius 3 is 2.61 bits per heavy atom. The molecule has 0 saturated heterocycles. The molecule has 5 nitrogen and oxygen atoms in total. The van der Waals surface area contributed by atoms with Crippen molar-refractivity contribution in [3.63, 3.8) is 0 Å². The maximum atomic E-state index is 13.8. The molecule has 1 amide bonds. The van der Waals surface area contributed by atoms with E-state index in [4.69, 9.17) is 12.8 Å². The zero-order valence-corrected chi connectivity index (χ0v) is 21.7. The van der Waals surface area contributed by atoms with Crippen LogP contribution in [-0.2, 0) is 26.1 Å². The highest BCUT2D eigenvalue weighted by atomic mass is 16.2. The van der Waals surface area contributed by atoms with Crippen molar-refractivity contribution in [2.24, 2.45) is 0 Å². The molecule has 2 aliphatic heterocycles. The molecule has 0 bridgehead atoms. The minimum Gasteiger partial charge on any atom is -0.330 e. The number of carbonyl (C=O) groups excluding carboxylic acids is 1. The number of hydrogen-bond donors (Lipinski definition) is 2. The van der Waals surface area contributed by atoms with Crippen LogP contribution in [0.25, 0.3) is 0 Å². The second kappa shape index (κ2) is 11.6. The average molecular weight is 502 g/mol. The molecule has 5 heteroatoms. The monoisotopic (exact) mass is 501 g/mol.